The lowest BCUT2D eigenvalue weighted by atomic mass is 10.1. The van der Waals surface area contributed by atoms with Crippen molar-refractivity contribution < 1.29 is 19.1 Å². The highest BCUT2D eigenvalue weighted by atomic mass is 16.5. The Morgan fingerprint density at radius 2 is 1.79 bits per heavy atom. The number of hydrogen-bond donors (Lipinski definition) is 2. The van der Waals surface area contributed by atoms with E-state index < -0.39 is 5.92 Å². The summed E-state index contributed by atoms with van der Waals surface area (Å²) in [5.41, 5.74) is 7.55. The van der Waals surface area contributed by atoms with Crippen LogP contribution in [0.25, 0.3) is 0 Å². The molecule has 2 N–H and O–H groups in total. The Bertz CT molecular complexity index is 882. The number of hydrogen-bond acceptors (Lipinski definition) is 7. The molecule has 1 saturated heterocycles. The molecule has 3 rings (SSSR count). The average Bonchev–Trinajstić information content (AvgIpc) is 3.06. The third-order valence-electron chi connectivity index (χ3n) is 4.45. The molecule has 1 fully saturated rings. The van der Waals surface area contributed by atoms with Gasteiger partial charge < -0.3 is 14.4 Å². The lowest BCUT2D eigenvalue weighted by molar-refractivity contribution is -0.125. The van der Waals surface area contributed by atoms with Gasteiger partial charge in [0.05, 0.1) is 20.1 Å². The maximum Gasteiger partial charge on any atom is 0.243 e. The predicted octanol–water partition coefficient (Wildman–Crippen LogP) is 1.61. The van der Waals surface area contributed by atoms with E-state index in [4.69, 9.17) is 9.47 Å². The van der Waals surface area contributed by atoms with Crippen molar-refractivity contribution in [1.29, 1.82) is 0 Å². The standard InChI is InChI=1S/C19H23N5O4/c1-11-7-12(2)21-19(20-11)23-22-18(26)13-8-17(25)24(10-13)14-5-6-15(27-3)16(9-14)28-4/h5-7,9,13H,8,10H2,1-4H3,(H,22,26)(H,20,21,23). The SMILES string of the molecule is COc1ccc(N2CC(C(=O)NNc3nc(C)cc(C)n3)CC2=O)cc1OC. The molecule has 0 radical (unpaired) electrons. The van der Waals surface area contributed by atoms with Crippen molar-refractivity contribution in [3.8, 4) is 11.5 Å². The minimum atomic E-state index is -0.487. The van der Waals surface area contributed by atoms with E-state index >= 15 is 0 Å². The first-order chi connectivity index (χ1) is 13.4. The number of nitrogens with one attached hydrogen (secondary N) is 2. The molecule has 2 heterocycles. The van der Waals surface area contributed by atoms with Crippen molar-refractivity contribution >= 4 is 23.5 Å². The van der Waals surface area contributed by atoms with E-state index in [0.717, 1.165) is 11.4 Å². The van der Waals surface area contributed by atoms with Crippen molar-refractivity contribution in [3.05, 3.63) is 35.7 Å². The van der Waals surface area contributed by atoms with Gasteiger partial charge in [0.1, 0.15) is 0 Å². The van der Waals surface area contributed by atoms with Crippen LogP contribution in [0.5, 0.6) is 11.5 Å². The van der Waals surface area contributed by atoms with Gasteiger partial charge in [0.25, 0.3) is 0 Å². The lowest BCUT2D eigenvalue weighted by Crippen LogP contribution is -2.37. The number of anilines is 2. The summed E-state index contributed by atoms with van der Waals surface area (Å²) in [6.07, 6.45) is 0.121. The number of nitrogens with zero attached hydrogens (tertiary/aromatic N) is 3. The van der Waals surface area contributed by atoms with Crippen LogP contribution in [-0.4, -0.2) is 42.5 Å². The average molecular weight is 385 g/mol. The molecule has 1 aliphatic heterocycles. The fraction of sp³-hybridized carbons (Fsp3) is 0.368. The summed E-state index contributed by atoms with van der Waals surface area (Å²) in [5, 5.41) is 0. The van der Waals surface area contributed by atoms with Crippen molar-refractivity contribution in [2.75, 3.05) is 31.1 Å². The number of aryl methyl sites for hydroxylation is 2. The third kappa shape index (κ3) is 4.13. The second-order valence-electron chi connectivity index (χ2n) is 6.53. The van der Waals surface area contributed by atoms with Crippen LogP contribution in [-0.2, 0) is 9.59 Å². The molecule has 1 atom stereocenters. The second kappa shape index (κ2) is 8.12. The van der Waals surface area contributed by atoms with Crippen LogP contribution >= 0.6 is 0 Å². The molecule has 1 aliphatic rings. The molecule has 9 heteroatoms. The van der Waals surface area contributed by atoms with E-state index in [9.17, 15) is 9.59 Å². The molecule has 0 spiro atoms. The third-order valence-corrected chi connectivity index (χ3v) is 4.45. The maximum absolute atomic E-state index is 12.5. The Hall–Kier alpha value is -3.36. The molecular formula is C19H23N5O4. The van der Waals surface area contributed by atoms with E-state index in [0.29, 0.717) is 23.1 Å². The number of benzene rings is 1. The molecule has 148 valence electrons. The smallest absolute Gasteiger partial charge is 0.243 e. The van der Waals surface area contributed by atoms with E-state index in [-0.39, 0.29) is 24.8 Å². The van der Waals surface area contributed by atoms with Gasteiger partial charge in [0, 0.05) is 36.1 Å². The van der Waals surface area contributed by atoms with Gasteiger partial charge >= 0.3 is 0 Å². The Morgan fingerprint density at radius 3 is 2.43 bits per heavy atom. The predicted molar refractivity (Wildman–Crippen MR) is 103 cm³/mol. The summed E-state index contributed by atoms with van der Waals surface area (Å²) in [7, 11) is 3.08. The topological polar surface area (TPSA) is 106 Å². The fourth-order valence-corrected chi connectivity index (χ4v) is 3.13. The first kappa shape index (κ1) is 19.4. The second-order valence-corrected chi connectivity index (χ2v) is 6.53. The highest BCUT2D eigenvalue weighted by Crippen LogP contribution is 2.34. The van der Waals surface area contributed by atoms with Crippen LogP contribution < -0.4 is 25.2 Å². The van der Waals surface area contributed by atoms with Gasteiger partial charge in [0.2, 0.25) is 17.8 Å². The van der Waals surface area contributed by atoms with E-state index in [1.54, 1.807) is 30.2 Å². The number of hydrazine groups is 1. The molecule has 1 unspecified atom stereocenters. The number of rotatable bonds is 6. The number of carbonyl (C=O) groups is 2. The number of methoxy groups -OCH3 is 2. The molecule has 2 amide bonds. The molecular weight excluding hydrogens is 362 g/mol. The van der Waals surface area contributed by atoms with Gasteiger partial charge in [-0.25, -0.2) is 9.97 Å². The Balaban J connectivity index is 1.66. The van der Waals surface area contributed by atoms with Crippen LogP contribution in [0.3, 0.4) is 0 Å². The first-order valence-electron chi connectivity index (χ1n) is 8.81. The van der Waals surface area contributed by atoms with Crippen molar-refractivity contribution in [3.63, 3.8) is 0 Å². The van der Waals surface area contributed by atoms with Crippen LogP contribution in [0.4, 0.5) is 11.6 Å². The number of carbonyl (C=O) groups excluding carboxylic acids is 2. The van der Waals surface area contributed by atoms with Gasteiger partial charge in [-0.15, -0.1) is 0 Å². The van der Waals surface area contributed by atoms with Gasteiger partial charge in [-0.2, -0.15) is 0 Å². The van der Waals surface area contributed by atoms with Crippen LogP contribution in [0.15, 0.2) is 24.3 Å². The summed E-state index contributed by atoms with van der Waals surface area (Å²) in [5.74, 6) is 0.499. The molecule has 1 aromatic heterocycles. The zero-order valence-corrected chi connectivity index (χ0v) is 16.3. The molecule has 28 heavy (non-hydrogen) atoms. The summed E-state index contributed by atoms with van der Waals surface area (Å²) in [4.78, 5) is 34.9. The lowest BCUT2D eigenvalue weighted by Gasteiger charge is -2.18. The van der Waals surface area contributed by atoms with E-state index in [1.165, 1.54) is 7.11 Å². The number of ether oxygens (including phenoxy) is 2. The Labute approximate surface area is 163 Å². The van der Waals surface area contributed by atoms with E-state index in [2.05, 4.69) is 20.8 Å². The minimum Gasteiger partial charge on any atom is -0.493 e. The fourth-order valence-electron chi connectivity index (χ4n) is 3.13. The van der Waals surface area contributed by atoms with E-state index in [1.807, 2.05) is 19.9 Å². The molecule has 0 aliphatic carbocycles. The summed E-state index contributed by atoms with van der Waals surface area (Å²) in [6, 6.07) is 7.05. The van der Waals surface area contributed by atoms with Crippen molar-refractivity contribution in [1.82, 2.24) is 15.4 Å². The highest BCUT2D eigenvalue weighted by Gasteiger charge is 2.35. The first-order valence-corrected chi connectivity index (χ1v) is 8.81. The number of amides is 2. The van der Waals surface area contributed by atoms with Gasteiger partial charge in [-0.3, -0.25) is 20.4 Å². The molecule has 2 aromatic rings. The van der Waals surface area contributed by atoms with Crippen LogP contribution in [0.2, 0.25) is 0 Å². The van der Waals surface area contributed by atoms with Crippen LogP contribution in [0.1, 0.15) is 17.8 Å². The maximum atomic E-state index is 12.5. The van der Waals surface area contributed by atoms with Crippen molar-refractivity contribution in [2.24, 2.45) is 5.92 Å². The zero-order valence-electron chi connectivity index (χ0n) is 16.3. The summed E-state index contributed by atoms with van der Waals surface area (Å²) in [6.45, 7) is 3.96. The molecule has 0 bridgehead atoms. The monoisotopic (exact) mass is 385 g/mol. The molecule has 0 saturated carbocycles. The summed E-state index contributed by atoms with van der Waals surface area (Å²) < 4.78 is 10.5. The van der Waals surface area contributed by atoms with Crippen molar-refractivity contribution in [2.45, 2.75) is 20.3 Å². The Kier molecular flexibility index (Phi) is 5.62. The van der Waals surface area contributed by atoms with Gasteiger partial charge in [-0.1, -0.05) is 0 Å². The van der Waals surface area contributed by atoms with Gasteiger partial charge in [0.15, 0.2) is 11.5 Å². The molecule has 1 aromatic carbocycles. The van der Waals surface area contributed by atoms with Gasteiger partial charge in [-0.05, 0) is 32.0 Å². The minimum absolute atomic E-state index is 0.121. The largest absolute Gasteiger partial charge is 0.493 e. The van der Waals surface area contributed by atoms with Crippen LogP contribution in [0, 0.1) is 19.8 Å². The summed E-state index contributed by atoms with van der Waals surface area (Å²) >= 11 is 0. The highest BCUT2D eigenvalue weighted by molar-refractivity contribution is 6.00. The normalized spacial score (nSPS) is 16.1. The molecule has 9 nitrogen and oxygen atoms in total. The zero-order chi connectivity index (χ0) is 20.3. The number of aromatic nitrogens is 2. The quantitative estimate of drug-likeness (QED) is 0.728. The Morgan fingerprint density at radius 1 is 1.11 bits per heavy atom.